The lowest BCUT2D eigenvalue weighted by atomic mass is 10.0. The van der Waals surface area contributed by atoms with Crippen molar-refractivity contribution >= 4 is 0 Å². The van der Waals surface area contributed by atoms with E-state index in [4.69, 9.17) is 5.73 Å². The van der Waals surface area contributed by atoms with Crippen molar-refractivity contribution < 1.29 is 0 Å². The first-order valence-corrected chi connectivity index (χ1v) is 4.79. The molecule has 0 radical (unpaired) electrons. The van der Waals surface area contributed by atoms with Gasteiger partial charge in [0.25, 0.3) is 0 Å². The van der Waals surface area contributed by atoms with Crippen LogP contribution in [0.2, 0.25) is 0 Å². The van der Waals surface area contributed by atoms with Crippen LogP contribution in [0.4, 0.5) is 0 Å². The molecular formula is C11H18N2. The summed E-state index contributed by atoms with van der Waals surface area (Å²) in [4.78, 5) is 0. The van der Waals surface area contributed by atoms with Crippen LogP contribution in [0.3, 0.4) is 0 Å². The van der Waals surface area contributed by atoms with Crippen molar-refractivity contribution in [1.29, 1.82) is 0 Å². The Hall–Kier alpha value is -0.860. The average Bonchev–Trinajstić information content (AvgIpc) is 2.19. The molecule has 1 rings (SSSR count). The maximum atomic E-state index is 6.01. The molecule has 0 fully saturated rings. The number of hydrogen-bond donors (Lipinski definition) is 2. The maximum absolute atomic E-state index is 6.01. The van der Waals surface area contributed by atoms with Crippen molar-refractivity contribution in [3.63, 3.8) is 0 Å². The average molecular weight is 178 g/mol. The summed E-state index contributed by atoms with van der Waals surface area (Å²) in [6, 6.07) is 10.5. The molecule has 0 aliphatic rings. The van der Waals surface area contributed by atoms with Gasteiger partial charge in [0.15, 0.2) is 0 Å². The Labute approximate surface area is 80.1 Å². The van der Waals surface area contributed by atoms with Gasteiger partial charge in [0.1, 0.15) is 0 Å². The Bertz CT molecular complexity index is 221. The lowest BCUT2D eigenvalue weighted by Gasteiger charge is -2.11. The third-order valence-electron chi connectivity index (χ3n) is 2.17. The van der Waals surface area contributed by atoms with E-state index in [0.717, 1.165) is 19.4 Å². The van der Waals surface area contributed by atoms with Gasteiger partial charge in [-0.05, 0) is 32.0 Å². The second-order valence-electron chi connectivity index (χ2n) is 3.26. The van der Waals surface area contributed by atoms with E-state index in [-0.39, 0.29) is 6.04 Å². The largest absolute Gasteiger partial charge is 0.324 e. The molecule has 1 unspecified atom stereocenters. The minimum atomic E-state index is 0.189. The highest BCUT2D eigenvalue weighted by atomic mass is 14.8. The summed E-state index contributed by atoms with van der Waals surface area (Å²) in [5.41, 5.74) is 7.24. The molecule has 0 amide bonds. The molecule has 1 atom stereocenters. The molecule has 0 aliphatic carbocycles. The molecule has 0 saturated heterocycles. The lowest BCUT2D eigenvalue weighted by molar-refractivity contribution is 0.590. The quantitative estimate of drug-likeness (QED) is 0.673. The normalized spacial score (nSPS) is 12.8. The van der Waals surface area contributed by atoms with E-state index in [2.05, 4.69) is 17.4 Å². The van der Waals surface area contributed by atoms with Gasteiger partial charge >= 0.3 is 0 Å². The van der Waals surface area contributed by atoms with Crippen LogP contribution in [0.1, 0.15) is 24.4 Å². The predicted octanol–water partition coefficient (Wildman–Crippen LogP) is 1.69. The molecule has 72 valence electrons. The SMILES string of the molecule is CNCCCC(N)c1ccccc1. The smallest absolute Gasteiger partial charge is 0.0295 e. The molecule has 0 heterocycles. The van der Waals surface area contributed by atoms with E-state index >= 15 is 0 Å². The molecule has 2 nitrogen and oxygen atoms in total. The highest BCUT2D eigenvalue weighted by molar-refractivity contribution is 5.18. The number of benzene rings is 1. The Balaban J connectivity index is 2.35. The van der Waals surface area contributed by atoms with Crippen molar-refractivity contribution in [2.45, 2.75) is 18.9 Å². The second kappa shape index (κ2) is 5.73. The molecule has 1 aromatic rings. The maximum Gasteiger partial charge on any atom is 0.0295 e. The predicted molar refractivity (Wildman–Crippen MR) is 56.5 cm³/mol. The number of rotatable bonds is 5. The van der Waals surface area contributed by atoms with E-state index in [0.29, 0.717) is 0 Å². The van der Waals surface area contributed by atoms with Crippen LogP contribution < -0.4 is 11.1 Å². The Morgan fingerprint density at radius 3 is 2.62 bits per heavy atom. The molecule has 0 saturated carbocycles. The minimum Gasteiger partial charge on any atom is -0.324 e. The molecule has 0 aromatic heterocycles. The highest BCUT2D eigenvalue weighted by Crippen LogP contribution is 2.14. The van der Waals surface area contributed by atoms with Crippen LogP contribution in [0.25, 0.3) is 0 Å². The van der Waals surface area contributed by atoms with Gasteiger partial charge in [-0.25, -0.2) is 0 Å². The highest BCUT2D eigenvalue weighted by Gasteiger charge is 2.03. The third-order valence-corrected chi connectivity index (χ3v) is 2.17. The van der Waals surface area contributed by atoms with Crippen molar-refractivity contribution in [2.24, 2.45) is 5.73 Å². The van der Waals surface area contributed by atoms with Crippen molar-refractivity contribution in [2.75, 3.05) is 13.6 Å². The first kappa shape index (κ1) is 10.2. The van der Waals surface area contributed by atoms with Gasteiger partial charge in [-0.2, -0.15) is 0 Å². The number of hydrogen-bond acceptors (Lipinski definition) is 2. The zero-order chi connectivity index (χ0) is 9.52. The second-order valence-corrected chi connectivity index (χ2v) is 3.26. The van der Waals surface area contributed by atoms with Crippen molar-refractivity contribution in [3.05, 3.63) is 35.9 Å². The molecule has 0 bridgehead atoms. The van der Waals surface area contributed by atoms with E-state index < -0.39 is 0 Å². The van der Waals surface area contributed by atoms with Gasteiger partial charge in [-0.1, -0.05) is 30.3 Å². The summed E-state index contributed by atoms with van der Waals surface area (Å²) < 4.78 is 0. The van der Waals surface area contributed by atoms with Crippen LogP contribution in [0, 0.1) is 0 Å². The van der Waals surface area contributed by atoms with E-state index in [1.54, 1.807) is 0 Å². The van der Waals surface area contributed by atoms with Gasteiger partial charge < -0.3 is 11.1 Å². The molecule has 1 aromatic carbocycles. The molecular weight excluding hydrogens is 160 g/mol. The summed E-state index contributed by atoms with van der Waals surface area (Å²) in [7, 11) is 1.97. The van der Waals surface area contributed by atoms with E-state index in [1.165, 1.54) is 5.56 Å². The summed E-state index contributed by atoms with van der Waals surface area (Å²) in [6.45, 7) is 1.04. The van der Waals surface area contributed by atoms with Crippen LogP contribution >= 0.6 is 0 Å². The first-order chi connectivity index (χ1) is 6.34. The summed E-state index contributed by atoms with van der Waals surface area (Å²) in [6.07, 6.45) is 2.18. The van der Waals surface area contributed by atoms with Crippen molar-refractivity contribution in [1.82, 2.24) is 5.32 Å². The summed E-state index contributed by atoms with van der Waals surface area (Å²) in [5.74, 6) is 0. The molecule has 0 aliphatic heterocycles. The number of nitrogens with one attached hydrogen (secondary N) is 1. The monoisotopic (exact) mass is 178 g/mol. The summed E-state index contributed by atoms with van der Waals surface area (Å²) in [5, 5.41) is 3.12. The summed E-state index contributed by atoms with van der Waals surface area (Å²) >= 11 is 0. The van der Waals surface area contributed by atoms with Crippen LogP contribution in [0.5, 0.6) is 0 Å². The van der Waals surface area contributed by atoms with Gasteiger partial charge in [-0.3, -0.25) is 0 Å². The standard InChI is InChI=1S/C11H18N2/c1-13-9-5-8-11(12)10-6-3-2-4-7-10/h2-4,6-7,11,13H,5,8-9,12H2,1H3. The van der Waals surface area contributed by atoms with Crippen molar-refractivity contribution in [3.8, 4) is 0 Å². The van der Waals surface area contributed by atoms with Gasteiger partial charge in [-0.15, -0.1) is 0 Å². The molecule has 0 spiro atoms. The van der Waals surface area contributed by atoms with E-state index in [1.807, 2.05) is 25.2 Å². The Morgan fingerprint density at radius 1 is 1.31 bits per heavy atom. The fourth-order valence-electron chi connectivity index (χ4n) is 1.37. The van der Waals surface area contributed by atoms with Crippen LogP contribution in [-0.4, -0.2) is 13.6 Å². The fraction of sp³-hybridized carbons (Fsp3) is 0.455. The van der Waals surface area contributed by atoms with E-state index in [9.17, 15) is 0 Å². The minimum absolute atomic E-state index is 0.189. The molecule has 13 heavy (non-hydrogen) atoms. The van der Waals surface area contributed by atoms with Crippen LogP contribution in [0.15, 0.2) is 30.3 Å². The molecule has 3 N–H and O–H groups in total. The van der Waals surface area contributed by atoms with Gasteiger partial charge in [0, 0.05) is 6.04 Å². The zero-order valence-electron chi connectivity index (χ0n) is 8.16. The fourth-order valence-corrected chi connectivity index (χ4v) is 1.37. The zero-order valence-corrected chi connectivity index (χ0v) is 8.16. The Morgan fingerprint density at radius 2 is 2.00 bits per heavy atom. The molecule has 2 heteroatoms. The Kier molecular flexibility index (Phi) is 4.50. The third kappa shape index (κ3) is 3.57. The van der Waals surface area contributed by atoms with Gasteiger partial charge in [0.2, 0.25) is 0 Å². The lowest BCUT2D eigenvalue weighted by Crippen LogP contribution is -2.14. The van der Waals surface area contributed by atoms with Crippen LogP contribution in [-0.2, 0) is 0 Å². The topological polar surface area (TPSA) is 38.0 Å². The first-order valence-electron chi connectivity index (χ1n) is 4.79. The number of nitrogens with two attached hydrogens (primary N) is 1. The van der Waals surface area contributed by atoms with Gasteiger partial charge in [0.05, 0.1) is 0 Å².